The molecule has 1 N–H and O–H groups in total. The quantitative estimate of drug-likeness (QED) is 0.914. The summed E-state index contributed by atoms with van der Waals surface area (Å²) < 4.78 is 0. The Balaban J connectivity index is 2.48. The lowest BCUT2D eigenvalue weighted by Gasteiger charge is -2.26. The highest BCUT2D eigenvalue weighted by Gasteiger charge is 2.20. The van der Waals surface area contributed by atoms with Crippen LogP contribution in [0, 0.1) is 0 Å². The summed E-state index contributed by atoms with van der Waals surface area (Å²) in [7, 11) is 1.86. The number of carbonyl (C=O) groups excluding carboxylic acids is 1. The number of amides is 1. The van der Waals surface area contributed by atoms with Crippen LogP contribution in [-0.2, 0) is 0 Å². The molecule has 1 heterocycles. The predicted molar refractivity (Wildman–Crippen MR) is 87.8 cm³/mol. The Morgan fingerprint density at radius 1 is 1.33 bits per heavy atom. The monoisotopic (exact) mass is 285 g/mol. The molecule has 0 aliphatic rings. The predicted octanol–water partition coefficient (Wildman–Crippen LogP) is 3.54. The Morgan fingerprint density at radius 2 is 2.05 bits per heavy atom. The van der Waals surface area contributed by atoms with E-state index in [0.717, 1.165) is 29.6 Å². The second-order valence-corrected chi connectivity index (χ2v) is 5.41. The molecule has 112 valence electrons. The first-order valence-electron chi connectivity index (χ1n) is 7.47. The first-order valence-corrected chi connectivity index (χ1v) is 7.47. The van der Waals surface area contributed by atoms with Crippen molar-refractivity contribution in [2.75, 3.05) is 18.9 Å². The van der Waals surface area contributed by atoms with Gasteiger partial charge in [-0.2, -0.15) is 0 Å². The molecule has 2 aromatic rings. The molecule has 0 unspecified atom stereocenters. The van der Waals surface area contributed by atoms with E-state index in [9.17, 15) is 4.79 Å². The number of aromatic nitrogens is 1. The SMILES string of the molecule is CCCN(C(=O)c1cc(NC)c2ccccc2n1)C(C)C. The van der Waals surface area contributed by atoms with Crippen molar-refractivity contribution in [1.82, 2.24) is 9.88 Å². The van der Waals surface area contributed by atoms with Gasteiger partial charge in [-0.15, -0.1) is 0 Å². The molecule has 2 rings (SSSR count). The molecule has 0 radical (unpaired) electrons. The number of para-hydroxylation sites is 1. The lowest BCUT2D eigenvalue weighted by Crippen LogP contribution is -2.38. The summed E-state index contributed by atoms with van der Waals surface area (Å²) in [5.74, 6) is -0.00546. The third-order valence-corrected chi connectivity index (χ3v) is 3.55. The highest BCUT2D eigenvalue weighted by atomic mass is 16.2. The second kappa shape index (κ2) is 6.57. The minimum Gasteiger partial charge on any atom is -0.388 e. The highest BCUT2D eigenvalue weighted by molar-refractivity contribution is 5.99. The van der Waals surface area contributed by atoms with E-state index in [0.29, 0.717) is 5.69 Å². The molecule has 1 aromatic heterocycles. The lowest BCUT2D eigenvalue weighted by atomic mass is 10.1. The number of carbonyl (C=O) groups is 1. The van der Waals surface area contributed by atoms with Gasteiger partial charge in [-0.25, -0.2) is 4.98 Å². The maximum absolute atomic E-state index is 12.7. The van der Waals surface area contributed by atoms with Crippen molar-refractivity contribution >= 4 is 22.5 Å². The van der Waals surface area contributed by atoms with Crippen LogP contribution in [0.3, 0.4) is 0 Å². The maximum Gasteiger partial charge on any atom is 0.272 e. The largest absolute Gasteiger partial charge is 0.388 e. The van der Waals surface area contributed by atoms with Crippen molar-refractivity contribution in [3.63, 3.8) is 0 Å². The van der Waals surface area contributed by atoms with Gasteiger partial charge in [-0.3, -0.25) is 4.79 Å². The molecule has 0 spiro atoms. The van der Waals surface area contributed by atoms with E-state index >= 15 is 0 Å². The molecular weight excluding hydrogens is 262 g/mol. The zero-order valence-corrected chi connectivity index (χ0v) is 13.2. The number of anilines is 1. The fraction of sp³-hybridized carbons (Fsp3) is 0.412. The second-order valence-electron chi connectivity index (χ2n) is 5.41. The Bertz CT molecular complexity index is 637. The molecule has 0 saturated heterocycles. The molecule has 1 amide bonds. The molecule has 4 nitrogen and oxygen atoms in total. The van der Waals surface area contributed by atoms with Gasteiger partial charge in [0.1, 0.15) is 5.69 Å². The van der Waals surface area contributed by atoms with Crippen LogP contribution in [-0.4, -0.2) is 35.4 Å². The Hall–Kier alpha value is -2.10. The number of nitrogens with one attached hydrogen (secondary N) is 1. The zero-order valence-electron chi connectivity index (χ0n) is 13.2. The first kappa shape index (κ1) is 15.3. The average molecular weight is 285 g/mol. The van der Waals surface area contributed by atoms with Gasteiger partial charge in [0.15, 0.2) is 0 Å². The van der Waals surface area contributed by atoms with Crippen LogP contribution in [0.15, 0.2) is 30.3 Å². The van der Waals surface area contributed by atoms with Crippen molar-refractivity contribution < 1.29 is 4.79 Å². The molecule has 0 aliphatic carbocycles. The topological polar surface area (TPSA) is 45.2 Å². The lowest BCUT2D eigenvalue weighted by molar-refractivity contribution is 0.0700. The van der Waals surface area contributed by atoms with E-state index < -0.39 is 0 Å². The van der Waals surface area contributed by atoms with Crippen molar-refractivity contribution in [2.24, 2.45) is 0 Å². The molecule has 0 saturated carbocycles. The summed E-state index contributed by atoms with van der Waals surface area (Å²) in [5.41, 5.74) is 2.28. The fourth-order valence-corrected chi connectivity index (χ4v) is 2.47. The number of rotatable bonds is 5. The molecule has 0 atom stereocenters. The minimum atomic E-state index is -0.00546. The Morgan fingerprint density at radius 3 is 2.67 bits per heavy atom. The average Bonchev–Trinajstić information content (AvgIpc) is 2.50. The molecule has 1 aromatic carbocycles. The molecule has 0 bridgehead atoms. The van der Waals surface area contributed by atoms with Gasteiger partial charge in [0, 0.05) is 30.7 Å². The normalized spacial score (nSPS) is 10.9. The van der Waals surface area contributed by atoms with Gasteiger partial charge in [0.05, 0.1) is 5.52 Å². The molecule has 21 heavy (non-hydrogen) atoms. The minimum absolute atomic E-state index is 0.00546. The number of hydrogen-bond donors (Lipinski definition) is 1. The van der Waals surface area contributed by atoms with Crippen molar-refractivity contribution in [3.05, 3.63) is 36.0 Å². The first-order chi connectivity index (χ1) is 10.1. The highest BCUT2D eigenvalue weighted by Crippen LogP contribution is 2.23. The van der Waals surface area contributed by atoms with Crippen molar-refractivity contribution in [2.45, 2.75) is 33.2 Å². The number of benzene rings is 1. The van der Waals surface area contributed by atoms with E-state index in [1.807, 2.05) is 56.1 Å². The van der Waals surface area contributed by atoms with Crippen LogP contribution in [0.2, 0.25) is 0 Å². The maximum atomic E-state index is 12.7. The number of fused-ring (bicyclic) bond motifs is 1. The number of nitrogens with zero attached hydrogens (tertiary/aromatic N) is 2. The van der Waals surface area contributed by atoms with Gasteiger partial charge in [0.25, 0.3) is 5.91 Å². The molecular formula is C17H23N3O. The zero-order chi connectivity index (χ0) is 15.4. The fourth-order valence-electron chi connectivity index (χ4n) is 2.47. The summed E-state index contributed by atoms with van der Waals surface area (Å²) in [6.45, 7) is 6.90. The van der Waals surface area contributed by atoms with Crippen molar-refractivity contribution in [1.29, 1.82) is 0 Å². The Kier molecular flexibility index (Phi) is 4.78. The summed E-state index contributed by atoms with van der Waals surface area (Å²) in [5, 5.41) is 4.19. The van der Waals surface area contributed by atoms with Gasteiger partial charge >= 0.3 is 0 Å². The third kappa shape index (κ3) is 3.15. The van der Waals surface area contributed by atoms with Crippen LogP contribution in [0.1, 0.15) is 37.7 Å². The number of pyridine rings is 1. The van der Waals surface area contributed by atoms with Crippen LogP contribution in [0.4, 0.5) is 5.69 Å². The molecule has 4 heteroatoms. The summed E-state index contributed by atoms with van der Waals surface area (Å²) >= 11 is 0. The third-order valence-electron chi connectivity index (χ3n) is 3.55. The van der Waals surface area contributed by atoms with Crippen LogP contribution < -0.4 is 5.32 Å². The Labute approximate surface area is 126 Å². The van der Waals surface area contributed by atoms with E-state index in [4.69, 9.17) is 0 Å². The summed E-state index contributed by atoms with van der Waals surface area (Å²) in [6.07, 6.45) is 0.941. The van der Waals surface area contributed by atoms with Crippen molar-refractivity contribution in [3.8, 4) is 0 Å². The molecule has 0 aliphatic heterocycles. The van der Waals surface area contributed by atoms with Crippen LogP contribution >= 0.6 is 0 Å². The number of hydrogen-bond acceptors (Lipinski definition) is 3. The summed E-state index contributed by atoms with van der Waals surface area (Å²) in [4.78, 5) is 19.1. The van der Waals surface area contributed by atoms with Gasteiger partial charge in [0.2, 0.25) is 0 Å². The smallest absolute Gasteiger partial charge is 0.272 e. The van der Waals surface area contributed by atoms with Gasteiger partial charge in [-0.05, 0) is 32.4 Å². The van der Waals surface area contributed by atoms with E-state index in [2.05, 4.69) is 17.2 Å². The molecule has 0 fully saturated rings. The van der Waals surface area contributed by atoms with Crippen LogP contribution in [0.5, 0.6) is 0 Å². The van der Waals surface area contributed by atoms with Gasteiger partial charge in [-0.1, -0.05) is 25.1 Å². The standard InChI is InChI=1S/C17H23N3O/c1-5-10-20(12(2)3)17(21)16-11-15(18-4)13-8-6-7-9-14(13)19-16/h6-9,11-12H,5,10H2,1-4H3,(H,18,19). The summed E-state index contributed by atoms with van der Waals surface area (Å²) in [6, 6.07) is 9.87. The van der Waals surface area contributed by atoms with Gasteiger partial charge < -0.3 is 10.2 Å². The van der Waals surface area contributed by atoms with E-state index in [-0.39, 0.29) is 11.9 Å². The van der Waals surface area contributed by atoms with Crippen LogP contribution in [0.25, 0.3) is 10.9 Å². The van der Waals surface area contributed by atoms with E-state index in [1.54, 1.807) is 0 Å². The van der Waals surface area contributed by atoms with E-state index in [1.165, 1.54) is 0 Å².